The maximum atomic E-state index is 13.7. The number of nitrogens with zero attached hydrogens (tertiary/aromatic N) is 1. The van der Waals surface area contributed by atoms with Gasteiger partial charge in [0.1, 0.15) is 6.54 Å². The molecule has 4 aromatic rings. The molecule has 1 atom stereocenters. The maximum absolute atomic E-state index is 13.7. The van der Waals surface area contributed by atoms with Gasteiger partial charge in [-0.15, -0.1) is 0 Å². The van der Waals surface area contributed by atoms with E-state index in [0.717, 1.165) is 10.7 Å². The van der Waals surface area contributed by atoms with Gasteiger partial charge in [0.15, 0.2) is 11.5 Å². The fourth-order valence-electron chi connectivity index (χ4n) is 4.41. The molecule has 4 aromatic carbocycles. The molecule has 0 aliphatic carbocycles. The summed E-state index contributed by atoms with van der Waals surface area (Å²) in [5, 5.41) is 5.30. The second-order valence-corrected chi connectivity index (χ2v) is 11.0. The highest BCUT2D eigenvalue weighted by molar-refractivity contribution is 7.92. The number of fused-ring (bicyclic) bond motifs is 1. The third kappa shape index (κ3) is 6.08. The van der Waals surface area contributed by atoms with Crippen molar-refractivity contribution in [3.63, 3.8) is 0 Å². The lowest BCUT2D eigenvalue weighted by Gasteiger charge is -2.25. The zero-order valence-electron chi connectivity index (χ0n) is 21.8. The van der Waals surface area contributed by atoms with E-state index in [0.29, 0.717) is 18.0 Å². The van der Waals surface area contributed by atoms with Crippen molar-refractivity contribution in [3.05, 3.63) is 96.6 Å². The molecule has 1 amide bonds. The highest BCUT2D eigenvalue weighted by Crippen LogP contribution is 2.32. The molecule has 1 N–H and O–H groups in total. The van der Waals surface area contributed by atoms with Crippen LogP contribution in [0.1, 0.15) is 12.5 Å². The van der Waals surface area contributed by atoms with E-state index in [2.05, 4.69) is 36.5 Å². The molecule has 0 bridgehead atoms. The van der Waals surface area contributed by atoms with E-state index >= 15 is 0 Å². The van der Waals surface area contributed by atoms with Gasteiger partial charge >= 0.3 is 0 Å². The Labute approximate surface area is 224 Å². The molecule has 1 unspecified atom stereocenters. The van der Waals surface area contributed by atoms with Crippen LogP contribution < -0.4 is 19.1 Å². The predicted octanol–water partition coefficient (Wildman–Crippen LogP) is 5.05. The number of ether oxygens (including phenoxy) is 2. The van der Waals surface area contributed by atoms with Crippen molar-refractivity contribution in [1.29, 1.82) is 0 Å². The van der Waals surface area contributed by atoms with E-state index in [1.165, 1.54) is 48.8 Å². The van der Waals surface area contributed by atoms with Gasteiger partial charge in [0.25, 0.3) is 10.0 Å². The maximum Gasteiger partial charge on any atom is 0.264 e. The van der Waals surface area contributed by atoms with Crippen LogP contribution in [0.15, 0.2) is 95.9 Å². The number of methoxy groups -OCH3 is 2. The molecule has 0 spiro atoms. The molecule has 0 fully saturated rings. The molecule has 0 heterocycles. The summed E-state index contributed by atoms with van der Waals surface area (Å²) in [5.41, 5.74) is 1.60. The topological polar surface area (TPSA) is 84.9 Å². The smallest absolute Gasteiger partial charge is 0.264 e. The molecule has 0 aliphatic heterocycles. The first-order valence-electron chi connectivity index (χ1n) is 12.4. The van der Waals surface area contributed by atoms with Crippen LogP contribution >= 0.6 is 0 Å². The van der Waals surface area contributed by atoms with E-state index in [9.17, 15) is 13.2 Å². The summed E-state index contributed by atoms with van der Waals surface area (Å²) in [4.78, 5) is 13.0. The number of hydrogen-bond acceptors (Lipinski definition) is 5. The molecular weight excluding hydrogens is 500 g/mol. The Kier molecular flexibility index (Phi) is 8.53. The van der Waals surface area contributed by atoms with Crippen LogP contribution in [0.3, 0.4) is 0 Å². The van der Waals surface area contributed by atoms with Crippen molar-refractivity contribution >= 4 is 32.4 Å². The van der Waals surface area contributed by atoms with Gasteiger partial charge in [-0.2, -0.15) is 0 Å². The number of benzene rings is 4. The summed E-state index contributed by atoms with van der Waals surface area (Å²) < 4.78 is 39.0. The molecule has 0 saturated heterocycles. The normalized spacial score (nSPS) is 12.1. The average molecular weight is 533 g/mol. The zero-order valence-corrected chi connectivity index (χ0v) is 22.6. The van der Waals surface area contributed by atoms with Crippen molar-refractivity contribution in [2.24, 2.45) is 5.92 Å². The average Bonchev–Trinajstić information content (AvgIpc) is 2.95. The van der Waals surface area contributed by atoms with Crippen LogP contribution in [-0.4, -0.2) is 41.6 Å². The lowest BCUT2D eigenvalue weighted by atomic mass is 9.96. The third-order valence-corrected chi connectivity index (χ3v) is 8.14. The minimum atomic E-state index is -4.08. The third-order valence-electron chi connectivity index (χ3n) is 6.37. The van der Waals surface area contributed by atoms with Crippen LogP contribution in [0.2, 0.25) is 0 Å². The number of amides is 1. The highest BCUT2D eigenvalue weighted by Gasteiger charge is 2.28. The van der Waals surface area contributed by atoms with Crippen LogP contribution in [0, 0.1) is 5.92 Å². The second-order valence-electron chi connectivity index (χ2n) is 9.12. The summed E-state index contributed by atoms with van der Waals surface area (Å²) >= 11 is 0. The van der Waals surface area contributed by atoms with Gasteiger partial charge in [-0.1, -0.05) is 67.6 Å². The largest absolute Gasteiger partial charge is 0.493 e. The summed E-state index contributed by atoms with van der Waals surface area (Å²) in [6.07, 6.45) is 0.786. The first-order chi connectivity index (χ1) is 18.3. The molecular formula is C30H32N2O5S. The summed E-state index contributed by atoms with van der Waals surface area (Å²) in [5.74, 6) is 0.462. The first-order valence-corrected chi connectivity index (χ1v) is 13.8. The van der Waals surface area contributed by atoms with Gasteiger partial charge in [0.2, 0.25) is 5.91 Å². The molecule has 8 heteroatoms. The lowest BCUT2D eigenvalue weighted by molar-refractivity contribution is -0.119. The summed E-state index contributed by atoms with van der Waals surface area (Å²) in [6, 6.07) is 27.4. The fraction of sp³-hybridized carbons (Fsp3) is 0.233. The molecule has 4 rings (SSSR count). The quantitative estimate of drug-likeness (QED) is 0.292. The van der Waals surface area contributed by atoms with Crippen LogP contribution in [0.5, 0.6) is 11.5 Å². The monoisotopic (exact) mass is 532 g/mol. The Morgan fingerprint density at radius 1 is 0.868 bits per heavy atom. The number of nitrogens with one attached hydrogen (secondary N) is 1. The molecule has 0 aliphatic rings. The van der Waals surface area contributed by atoms with Crippen molar-refractivity contribution in [1.82, 2.24) is 5.32 Å². The highest BCUT2D eigenvalue weighted by atomic mass is 32.2. The van der Waals surface area contributed by atoms with Gasteiger partial charge in [-0.05, 0) is 52.9 Å². The lowest BCUT2D eigenvalue weighted by Crippen LogP contribution is -2.42. The number of anilines is 1. The second kappa shape index (κ2) is 12.0. The summed E-state index contributed by atoms with van der Waals surface area (Å²) in [6.45, 7) is 2.13. The van der Waals surface area contributed by atoms with Crippen molar-refractivity contribution in [3.8, 4) is 11.5 Å². The molecule has 0 radical (unpaired) electrons. The van der Waals surface area contributed by atoms with E-state index < -0.39 is 10.0 Å². The number of hydrogen-bond donors (Lipinski definition) is 1. The summed E-state index contributed by atoms with van der Waals surface area (Å²) in [7, 11) is -1.16. The van der Waals surface area contributed by atoms with Gasteiger partial charge in [-0.3, -0.25) is 9.10 Å². The van der Waals surface area contributed by atoms with Gasteiger partial charge in [0.05, 0.1) is 24.8 Å². The number of para-hydroxylation sites is 1. The molecule has 7 nitrogen and oxygen atoms in total. The SMILES string of the molecule is COc1ccc(S(=O)(=O)N(CC(=O)NCC(C)Cc2cccc3ccccc23)c2ccccc2)cc1OC. The van der Waals surface area contributed by atoms with Crippen LogP contribution in [0.25, 0.3) is 10.8 Å². The molecule has 0 saturated carbocycles. The standard InChI is InChI=1S/C30H32N2O5S/c1-22(18-24-12-9-11-23-10-7-8-15-27(23)24)20-31-30(33)21-32(25-13-5-4-6-14-25)38(34,35)26-16-17-28(36-2)29(19-26)37-3/h4-17,19,22H,18,20-21H2,1-3H3,(H,31,33). The molecule has 38 heavy (non-hydrogen) atoms. The van der Waals surface area contributed by atoms with E-state index in [1.807, 2.05) is 18.2 Å². The van der Waals surface area contributed by atoms with Crippen molar-refractivity contribution in [2.75, 3.05) is 31.6 Å². The van der Waals surface area contributed by atoms with Crippen LogP contribution in [-0.2, 0) is 21.2 Å². The zero-order chi connectivity index (χ0) is 27.1. The Morgan fingerprint density at radius 3 is 2.29 bits per heavy atom. The Morgan fingerprint density at radius 2 is 1.55 bits per heavy atom. The van der Waals surface area contributed by atoms with Gasteiger partial charge in [0, 0.05) is 12.6 Å². The van der Waals surface area contributed by atoms with E-state index in [-0.39, 0.29) is 29.0 Å². The molecule has 198 valence electrons. The van der Waals surface area contributed by atoms with E-state index in [4.69, 9.17) is 9.47 Å². The number of carbonyl (C=O) groups is 1. The van der Waals surface area contributed by atoms with Crippen LogP contribution in [0.4, 0.5) is 5.69 Å². The number of sulfonamides is 1. The van der Waals surface area contributed by atoms with Gasteiger partial charge < -0.3 is 14.8 Å². The van der Waals surface area contributed by atoms with Crippen molar-refractivity contribution < 1.29 is 22.7 Å². The van der Waals surface area contributed by atoms with E-state index in [1.54, 1.807) is 30.3 Å². The minimum absolute atomic E-state index is 0.00359. The fourth-order valence-corrected chi connectivity index (χ4v) is 5.84. The Bertz CT molecular complexity index is 1500. The Hall–Kier alpha value is -4.04. The predicted molar refractivity (Wildman–Crippen MR) is 150 cm³/mol. The minimum Gasteiger partial charge on any atom is -0.493 e. The van der Waals surface area contributed by atoms with Gasteiger partial charge in [-0.25, -0.2) is 8.42 Å². The number of rotatable bonds is 11. The number of carbonyl (C=O) groups excluding carboxylic acids is 1. The molecule has 0 aromatic heterocycles. The Balaban J connectivity index is 1.50. The van der Waals surface area contributed by atoms with Crippen molar-refractivity contribution in [2.45, 2.75) is 18.2 Å². The first kappa shape index (κ1) is 27.0.